The normalized spacial score (nSPS) is 16.0. The summed E-state index contributed by atoms with van der Waals surface area (Å²) in [4.78, 5) is 28.8. The summed E-state index contributed by atoms with van der Waals surface area (Å²) in [5.41, 5.74) is 7.14. The number of amides is 1. The zero-order valence-electron chi connectivity index (χ0n) is 22.0. The summed E-state index contributed by atoms with van der Waals surface area (Å²) >= 11 is 1.37. The number of benzene rings is 2. The number of anilines is 1. The van der Waals surface area contributed by atoms with Gasteiger partial charge in [0, 0.05) is 75.1 Å². The molecule has 12 heteroatoms. The molecule has 1 aliphatic rings. The summed E-state index contributed by atoms with van der Waals surface area (Å²) < 4.78 is 22.4. The maximum Gasteiger partial charge on any atom is 0.249 e. The number of carbonyl (C=O) groups is 2. The monoisotopic (exact) mass is 628 g/mol. The van der Waals surface area contributed by atoms with Crippen LogP contribution < -0.4 is 25.8 Å². The minimum atomic E-state index is -0.642. The molecule has 10 nitrogen and oxygen atoms in total. The molecule has 1 atom stereocenters. The minimum absolute atomic E-state index is 0. The van der Waals surface area contributed by atoms with Gasteiger partial charge < -0.3 is 40.1 Å². The average Bonchev–Trinajstić information content (AvgIpc) is 3.42. The van der Waals surface area contributed by atoms with Crippen molar-refractivity contribution in [2.75, 3.05) is 45.3 Å². The van der Waals surface area contributed by atoms with E-state index in [1.54, 1.807) is 24.4 Å². The number of fused-ring (bicyclic) bond motifs is 1. The summed E-state index contributed by atoms with van der Waals surface area (Å²) in [6.45, 7) is 4.28. The van der Waals surface area contributed by atoms with Crippen LogP contribution in [0.3, 0.4) is 0 Å². The first kappa shape index (κ1) is 31.1. The molecule has 1 aliphatic heterocycles. The van der Waals surface area contributed by atoms with Crippen LogP contribution in [0.25, 0.3) is 0 Å². The molecule has 205 valence electrons. The van der Waals surface area contributed by atoms with E-state index in [2.05, 4.69) is 21.7 Å². The molecule has 0 aliphatic carbocycles. The molecule has 2 aromatic carbocycles. The van der Waals surface area contributed by atoms with Gasteiger partial charge in [0.1, 0.15) is 6.61 Å². The molecule has 1 aromatic heterocycles. The van der Waals surface area contributed by atoms with Crippen LogP contribution in [0.4, 0.5) is 5.13 Å². The number of nitrogens with one attached hydrogen (secondary N) is 2. The van der Waals surface area contributed by atoms with Gasteiger partial charge in [0.15, 0.2) is 16.6 Å². The Labute approximate surface area is 256 Å². The van der Waals surface area contributed by atoms with Crippen LogP contribution in [0.15, 0.2) is 41.9 Å². The molecule has 0 saturated heterocycles. The number of nitrogens with zero attached hydrogens (tertiary/aromatic N) is 1. The van der Waals surface area contributed by atoms with Gasteiger partial charge >= 0.3 is 0 Å². The fourth-order valence-corrected chi connectivity index (χ4v) is 4.79. The maximum absolute atomic E-state index is 12.9. The average molecular weight is 629 g/mol. The molecule has 2 heterocycles. The second kappa shape index (κ2) is 14.8. The molecular weight excluding hydrogens is 597 g/mol. The third kappa shape index (κ3) is 8.29. The number of nitrogens with two attached hydrogens (primary N) is 1. The molecule has 4 N–H and O–H groups in total. The topological polar surface area (TPSA) is 134 Å². The van der Waals surface area contributed by atoms with E-state index in [1.807, 2.05) is 24.4 Å². The van der Waals surface area contributed by atoms with Gasteiger partial charge in [-0.05, 0) is 36.6 Å². The van der Waals surface area contributed by atoms with Gasteiger partial charge in [-0.2, -0.15) is 0 Å². The Bertz CT molecular complexity index is 1240. The van der Waals surface area contributed by atoms with Gasteiger partial charge in [-0.25, -0.2) is 4.98 Å². The third-order valence-electron chi connectivity index (χ3n) is 6.03. The number of esters is 1. The Kier molecular flexibility index (Phi) is 11.8. The fourth-order valence-electron chi connectivity index (χ4n) is 4.24. The van der Waals surface area contributed by atoms with Crippen LogP contribution >= 0.6 is 11.3 Å². The Morgan fingerprint density at radius 3 is 2.77 bits per heavy atom. The largest absolute Gasteiger partial charge is 0.509 e. The van der Waals surface area contributed by atoms with E-state index in [1.165, 1.54) is 18.4 Å². The number of carbonyl (C=O) groups excluding carboxylic acids is 2. The molecule has 0 spiro atoms. The van der Waals surface area contributed by atoms with Gasteiger partial charge in [0.2, 0.25) is 11.9 Å². The summed E-state index contributed by atoms with van der Waals surface area (Å²) in [5.74, 6) is 0.861. The SMILES string of the molecule is COC(=O)c1[c-]cc(Oc2cc3c(cc2OCCOCCN)CCN[C@]3(C)CC(=O)Nc2nccs2)cc1.[Y]. The molecule has 1 radical (unpaired) electrons. The Hall–Kier alpha value is -2.41. The number of methoxy groups -OCH3 is 1. The van der Waals surface area contributed by atoms with Crippen LogP contribution in [-0.2, 0) is 58.9 Å². The molecule has 0 unspecified atom stereocenters. The van der Waals surface area contributed by atoms with E-state index >= 15 is 0 Å². The van der Waals surface area contributed by atoms with Crippen LogP contribution in [0.2, 0.25) is 0 Å². The predicted molar refractivity (Wildman–Crippen MR) is 143 cm³/mol. The number of rotatable bonds is 12. The predicted octanol–water partition coefficient (Wildman–Crippen LogP) is 3.26. The van der Waals surface area contributed by atoms with Crippen LogP contribution in [0.1, 0.15) is 34.8 Å². The minimum Gasteiger partial charge on any atom is -0.509 e. The second-order valence-electron chi connectivity index (χ2n) is 8.81. The zero-order chi connectivity index (χ0) is 27.0. The summed E-state index contributed by atoms with van der Waals surface area (Å²) in [6, 6.07) is 11.5. The van der Waals surface area contributed by atoms with Crippen molar-refractivity contribution >= 4 is 28.3 Å². The maximum atomic E-state index is 12.9. The van der Waals surface area contributed by atoms with Crippen molar-refractivity contribution < 1.29 is 61.2 Å². The Morgan fingerprint density at radius 2 is 2.08 bits per heavy atom. The summed E-state index contributed by atoms with van der Waals surface area (Å²) in [6.07, 6.45) is 2.62. The van der Waals surface area contributed by atoms with E-state index in [4.69, 9.17) is 24.7 Å². The van der Waals surface area contributed by atoms with Gasteiger partial charge in [-0.15, -0.1) is 35.6 Å². The van der Waals surface area contributed by atoms with Crippen LogP contribution in [0, 0.1) is 6.07 Å². The van der Waals surface area contributed by atoms with E-state index < -0.39 is 11.5 Å². The first-order valence-electron chi connectivity index (χ1n) is 12.2. The van der Waals surface area contributed by atoms with Gasteiger partial charge in [-0.1, -0.05) is 5.56 Å². The van der Waals surface area contributed by atoms with Crippen molar-refractivity contribution in [3.63, 3.8) is 0 Å². The smallest absolute Gasteiger partial charge is 0.249 e. The van der Waals surface area contributed by atoms with Crippen molar-refractivity contribution in [2.24, 2.45) is 5.73 Å². The van der Waals surface area contributed by atoms with E-state index in [0.29, 0.717) is 60.9 Å². The summed E-state index contributed by atoms with van der Waals surface area (Å²) in [7, 11) is 1.32. The van der Waals surface area contributed by atoms with Crippen molar-refractivity contribution in [1.82, 2.24) is 10.3 Å². The third-order valence-corrected chi connectivity index (χ3v) is 6.72. The molecule has 1 amide bonds. The zero-order valence-corrected chi connectivity index (χ0v) is 25.6. The van der Waals surface area contributed by atoms with E-state index in [-0.39, 0.29) is 45.0 Å². The van der Waals surface area contributed by atoms with Gasteiger partial charge in [0.05, 0.1) is 20.3 Å². The molecule has 4 rings (SSSR count). The Morgan fingerprint density at radius 1 is 1.23 bits per heavy atom. The quantitative estimate of drug-likeness (QED) is 0.157. The van der Waals surface area contributed by atoms with E-state index in [0.717, 1.165) is 17.5 Å². The standard InChI is InChI=1S/C27H31N4O6S.Y/c1-27(17-24(32)31-26-29-10-14-38-26)21-16-23(37-20-5-3-18(4-6-20)25(33)34-2)22(15-19(21)7-9-30-27)36-13-12-35-11-8-28;/h3,5-6,10,14-16,30H,7-9,11-13,17,28H2,1-2H3,(H,29,31,32);/q-1;/t27-;/m1./s1. The molecule has 0 bridgehead atoms. The van der Waals surface area contributed by atoms with Crippen molar-refractivity contribution in [3.05, 3.63) is 64.7 Å². The van der Waals surface area contributed by atoms with Crippen molar-refractivity contribution in [3.8, 4) is 17.2 Å². The fraction of sp³-hybridized carbons (Fsp3) is 0.370. The molecule has 39 heavy (non-hydrogen) atoms. The number of hydrogen-bond donors (Lipinski definition) is 3. The Balaban J connectivity index is 0.00000420. The molecular formula is C27H31N4O6SY-. The summed E-state index contributed by atoms with van der Waals surface area (Å²) in [5, 5.41) is 8.74. The van der Waals surface area contributed by atoms with Crippen LogP contribution in [0.5, 0.6) is 17.2 Å². The van der Waals surface area contributed by atoms with Crippen molar-refractivity contribution in [1.29, 1.82) is 0 Å². The molecule has 0 fully saturated rings. The first-order valence-corrected chi connectivity index (χ1v) is 13.1. The van der Waals surface area contributed by atoms with E-state index in [9.17, 15) is 9.59 Å². The van der Waals surface area contributed by atoms with Crippen LogP contribution in [-0.4, -0.2) is 56.9 Å². The van der Waals surface area contributed by atoms with Gasteiger partial charge in [0.25, 0.3) is 0 Å². The number of ether oxygens (including phenoxy) is 4. The number of hydrogen-bond acceptors (Lipinski definition) is 10. The van der Waals surface area contributed by atoms with Gasteiger partial charge in [-0.3, -0.25) is 4.79 Å². The number of thiazole rings is 1. The second-order valence-corrected chi connectivity index (χ2v) is 9.70. The molecule has 0 saturated carbocycles. The number of aromatic nitrogens is 1. The molecule has 3 aromatic rings. The van der Waals surface area contributed by atoms with Crippen molar-refractivity contribution in [2.45, 2.75) is 25.3 Å². The first-order chi connectivity index (χ1) is 18.4.